The van der Waals surface area contributed by atoms with E-state index in [4.69, 9.17) is 33.5 Å². The molecule has 13 aromatic rings. The van der Waals surface area contributed by atoms with Crippen molar-refractivity contribution < 1.29 is 66.0 Å². The number of para-hydroxylation sites is 4. The van der Waals surface area contributed by atoms with E-state index in [-0.39, 0.29) is 88.7 Å². The maximum absolute atomic E-state index is 10.1. The van der Waals surface area contributed by atoms with Crippen LogP contribution in [0.2, 0.25) is 0 Å². The van der Waals surface area contributed by atoms with Crippen LogP contribution in [0.1, 0.15) is 41.2 Å². The van der Waals surface area contributed by atoms with E-state index in [1.165, 1.54) is 33.4 Å². The van der Waals surface area contributed by atoms with Crippen molar-refractivity contribution in [2.75, 3.05) is 0 Å². The molecular formula is C67H44N4OPt-2. The van der Waals surface area contributed by atoms with Gasteiger partial charge in [0.1, 0.15) is 5.82 Å². The summed E-state index contributed by atoms with van der Waals surface area (Å²) in [4.78, 5) is 4.65. The molecule has 0 aliphatic heterocycles. The largest absolute Gasteiger partial charge is 0.510 e. The fourth-order valence-electron chi connectivity index (χ4n) is 8.65. The van der Waals surface area contributed by atoms with Crippen molar-refractivity contribution in [3.05, 3.63) is 272 Å². The van der Waals surface area contributed by atoms with Gasteiger partial charge in [-0.1, -0.05) is 187 Å². The number of imidazole rings is 1. The number of nitrogens with zero attached hydrogens (tertiary/aromatic N) is 4. The maximum Gasteiger partial charge on any atom is 0.268 e. The Labute approximate surface area is 475 Å². The third kappa shape index (κ3) is 8.44. The first-order valence-electron chi connectivity index (χ1n) is 35.1. The van der Waals surface area contributed by atoms with E-state index in [1.54, 1.807) is 71.3 Å². The minimum atomic E-state index is -2.88. The SMILES string of the molecule is [2H]c1c([2H])c([2H])c(-c2cnc(-n3c4[c-]c(Oc5[c-]c(-n6[c-][n+](-c7c(-c8c([2H])c([2H])c([2H])c([2H])c8[2H])cccc7-c7c([2H])c(-c8c([2H])c([2H])c([2H])c([2H])c8[2H])c([2H])c(-c8c([2H])c([2H])c([2H])c([2H])c8[2H])c7[2H])c7ccccc76)ccc5)ccc4c4ccccc43)cc2C([2H])([2H])[2H])c([2H])c1[2H].[Pt]. The van der Waals surface area contributed by atoms with E-state index in [9.17, 15) is 6.85 Å². The van der Waals surface area contributed by atoms with Crippen LogP contribution in [0, 0.1) is 25.3 Å². The second-order valence-electron chi connectivity index (χ2n) is 16.0. The molecule has 0 unspecified atom stereocenters. The van der Waals surface area contributed by atoms with Crippen LogP contribution in [0.4, 0.5) is 0 Å². The zero-order valence-electron chi connectivity index (χ0n) is 63.4. The van der Waals surface area contributed by atoms with Gasteiger partial charge >= 0.3 is 0 Å². The summed E-state index contributed by atoms with van der Waals surface area (Å²) in [6.07, 6.45) is 4.47. The van der Waals surface area contributed by atoms with Crippen LogP contribution in [0.3, 0.4) is 0 Å². The van der Waals surface area contributed by atoms with Crippen LogP contribution >= 0.6 is 0 Å². The molecule has 0 saturated carbocycles. The van der Waals surface area contributed by atoms with Gasteiger partial charge in [-0.15, -0.1) is 29.7 Å². The summed E-state index contributed by atoms with van der Waals surface area (Å²) in [6, 6.07) is 16.1. The predicted molar refractivity (Wildman–Crippen MR) is 292 cm³/mol. The molecule has 10 aromatic carbocycles. The molecule has 6 heteroatoms. The summed E-state index contributed by atoms with van der Waals surface area (Å²) in [5, 5.41) is 1.35. The number of ether oxygens (including phenoxy) is 1. The third-order valence-corrected chi connectivity index (χ3v) is 11.8. The molecule has 0 N–H and O–H groups in total. The van der Waals surface area contributed by atoms with Crippen LogP contribution in [0.5, 0.6) is 11.5 Å². The average Bonchev–Trinajstić information content (AvgIpc) is 1.44. The third-order valence-electron chi connectivity index (χ3n) is 11.8. The summed E-state index contributed by atoms with van der Waals surface area (Å²) in [6.45, 7) is -2.88. The number of hydrogen-bond donors (Lipinski definition) is 0. The predicted octanol–water partition coefficient (Wildman–Crippen LogP) is 16.2. The Morgan fingerprint density at radius 1 is 0.521 bits per heavy atom. The molecule has 0 aliphatic carbocycles. The molecule has 0 aliphatic rings. The Hall–Kier alpha value is -8.89. The molecule has 13 rings (SSSR count). The number of pyridine rings is 1. The van der Waals surface area contributed by atoms with E-state index >= 15 is 0 Å². The van der Waals surface area contributed by atoms with Crippen molar-refractivity contribution in [2.45, 2.75) is 6.85 Å². The van der Waals surface area contributed by atoms with Crippen molar-refractivity contribution in [1.29, 1.82) is 0 Å². The topological polar surface area (TPSA) is 35.9 Å². The van der Waals surface area contributed by atoms with Gasteiger partial charge in [-0.25, -0.2) is 4.98 Å². The first-order chi connectivity index (χ1) is 46.4. The zero-order valence-corrected chi connectivity index (χ0v) is 39.7. The smallest absolute Gasteiger partial charge is 0.268 e. The van der Waals surface area contributed by atoms with Crippen molar-refractivity contribution in [3.8, 4) is 84.3 Å². The van der Waals surface area contributed by atoms with Gasteiger partial charge in [-0.05, 0) is 104 Å². The minimum Gasteiger partial charge on any atom is -0.510 e. The van der Waals surface area contributed by atoms with E-state index in [1.807, 2.05) is 12.1 Å². The summed E-state index contributed by atoms with van der Waals surface area (Å²) in [5.41, 5.74) is -3.33. The molecule has 0 fully saturated rings. The normalized spacial score (nSPS) is 16.4. The summed E-state index contributed by atoms with van der Waals surface area (Å²) >= 11 is 0. The number of hydrogen-bond acceptors (Lipinski definition) is 2. The Morgan fingerprint density at radius 3 is 1.78 bits per heavy atom. The van der Waals surface area contributed by atoms with E-state index in [2.05, 4.69) is 23.4 Å². The van der Waals surface area contributed by atoms with Gasteiger partial charge in [0.2, 0.25) is 0 Å². The Bertz CT molecular complexity index is 5460. The zero-order chi connectivity index (χ0) is 70.5. The standard InChI is InChI=1S/C67H44N4O.Pt/c1-46-38-66(68-44-61(46)50-26-12-5-13-27-50)71-62-33-15-14-30-59(62)60-37-36-56(43-65(60)71)72-55-29-18-28-54(42-55)69-45-70(64-35-17-16-34-63(64)69)67-57(49-24-10-4-11-25-49)31-19-32-58(67)53-40-51(47-20-6-2-7-21-47)39-52(41-53)48-22-8-3-9-23-48;/h2-41,44H,1H3;/q-2;/i1D3,2D,3D,4D,5D,6D,7D,8D,9D,10D,11D,12D,13D,20D,21D,22D,23D,24D,25D,26D,27D,39D,40D,41D;. The van der Waals surface area contributed by atoms with Crippen LogP contribution in [-0.2, 0) is 21.1 Å². The molecule has 3 aromatic heterocycles. The molecule has 73 heavy (non-hydrogen) atoms. The van der Waals surface area contributed by atoms with Crippen LogP contribution in [0.15, 0.2) is 248 Å². The second-order valence-corrected chi connectivity index (χ2v) is 16.0. The van der Waals surface area contributed by atoms with Gasteiger partial charge in [-0.3, -0.25) is 4.57 Å². The van der Waals surface area contributed by atoms with Crippen molar-refractivity contribution >= 4 is 32.8 Å². The monoisotopic (exact) mass is 1140 g/mol. The second kappa shape index (κ2) is 19.4. The molecule has 0 spiro atoms. The summed E-state index contributed by atoms with van der Waals surface area (Å²) in [7, 11) is 0. The Morgan fingerprint density at radius 2 is 1.10 bits per heavy atom. The molecule has 0 bridgehead atoms. The van der Waals surface area contributed by atoms with Crippen molar-refractivity contribution in [1.82, 2.24) is 14.1 Å². The minimum absolute atomic E-state index is 0. The van der Waals surface area contributed by atoms with Gasteiger partial charge < -0.3 is 13.9 Å². The quantitative estimate of drug-likeness (QED) is 0.101. The molecule has 5 nitrogen and oxygen atoms in total. The molecule has 0 amide bonds. The fourth-order valence-corrected chi connectivity index (χ4v) is 8.65. The molecule has 3 heterocycles. The average molecular weight is 1140 g/mol. The maximum atomic E-state index is 10.1. The number of fused-ring (bicyclic) bond motifs is 4. The molecule has 0 saturated heterocycles. The molecule has 350 valence electrons. The van der Waals surface area contributed by atoms with Gasteiger partial charge in [0.15, 0.2) is 0 Å². The number of aromatic nitrogens is 4. The van der Waals surface area contributed by atoms with Crippen LogP contribution < -0.4 is 9.30 Å². The number of rotatable bonds is 10. The van der Waals surface area contributed by atoms with Gasteiger partial charge in [0.05, 0.1) is 48.2 Å². The Kier molecular flexibility index (Phi) is 6.63. The van der Waals surface area contributed by atoms with E-state index < -0.39 is 174 Å². The fraction of sp³-hybridized carbons (Fsp3) is 0.0149. The Balaban J connectivity index is 0.00000931. The van der Waals surface area contributed by atoms with Crippen molar-refractivity contribution in [3.63, 3.8) is 0 Å². The van der Waals surface area contributed by atoms with Gasteiger partial charge in [0.25, 0.3) is 6.33 Å². The van der Waals surface area contributed by atoms with Gasteiger partial charge in [-0.2, -0.15) is 18.2 Å². The number of aryl methyl sites for hydroxylation is 1. The van der Waals surface area contributed by atoms with Crippen LogP contribution in [-0.4, -0.2) is 14.1 Å². The number of benzene rings is 10. The molecule has 0 atom stereocenters. The first kappa shape index (κ1) is 25.0. The first-order valence-corrected chi connectivity index (χ1v) is 22.1. The van der Waals surface area contributed by atoms with Gasteiger partial charge in [0, 0.05) is 54.0 Å². The van der Waals surface area contributed by atoms with Crippen LogP contribution in [0.25, 0.3) is 106 Å². The molecular weight excluding hydrogens is 1070 g/mol. The van der Waals surface area contributed by atoms with E-state index in [0.717, 1.165) is 6.20 Å². The molecule has 0 radical (unpaired) electrons. The van der Waals surface area contributed by atoms with Crippen molar-refractivity contribution in [2.24, 2.45) is 0 Å². The van der Waals surface area contributed by atoms with E-state index in [0.29, 0.717) is 27.3 Å². The summed E-state index contributed by atoms with van der Waals surface area (Å²) in [5.74, 6) is 0.297. The summed E-state index contributed by atoms with van der Waals surface area (Å²) < 4.78 is 242.